The molecule has 0 atom stereocenters. The fourth-order valence-corrected chi connectivity index (χ4v) is 2.36. The fraction of sp³-hybridized carbons (Fsp3) is 0.579. The van der Waals surface area contributed by atoms with Gasteiger partial charge in [-0.1, -0.05) is 32.6 Å². The minimum atomic E-state index is -0.352. The molecule has 1 rings (SSSR count). The number of carbonyl (C=O) groups is 2. The maximum Gasteiger partial charge on any atom is 0.251 e. The molecule has 1 aromatic rings. The number of hydrogen-bond donors (Lipinski definition) is 2. The number of carbonyl (C=O) groups excluding carboxylic acids is 2. The van der Waals surface area contributed by atoms with E-state index in [-0.39, 0.29) is 17.6 Å². The van der Waals surface area contributed by atoms with Crippen LogP contribution in [-0.2, 0) is 4.79 Å². The second-order valence-corrected chi connectivity index (χ2v) is 5.98. The van der Waals surface area contributed by atoms with E-state index in [1.54, 1.807) is 0 Å². The van der Waals surface area contributed by atoms with Gasteiger partial charge in [0.1, 0.15) is 5.82 Å². The lowest BCUT2D eigenvalue weighted by Crippen LogP contribution is -2.25. The van der Waals surface area contributed by atoms with Gasteiger partial charge in [0.15, 0.2) is 0 Å². The molecule has 2 N–H and O–H groups in total. The molecule has 0 aliphatic carbocycles. The number of unbranched alkanes of at least 4 members (excludes halogenated alkanes) is 5. The first-order chi connectivity index (χ1) is 11.6. The highest BCUT2D eigenvalue weighted by Gasteiger charge is 2.05. The molecule has 0 aliphatic rings. The van der Waals surface area contributed by atoms with Crippen molar-refractivity contribution in [2.45, 2.75) is 58.3 Å². The van der Waals surface area contributed by atoms with Gasteiger partial charge in [-0.2, -0.15) is 0 Å². The zero-order chi connectivity index (χ0) is 17.6. The number of nitrogens with one attached hydrogen (secondary N) is 2. The van der Waals surface area contributed by atoms with Crippen molar-refractivity contribution in [2.24, 2.45) is 0 Å². The average Bonchev–Trinajstić information content (AvgIpc) is 2.58. The molecule has 0 aromatic heterocycles. The molecule has 24 heavy (non-hydrogen) atoms. The standard InChI is InChI=1S/C19H29FN2O2/c1-2-3-4-7-14-21-18(23)9-6-5-8-15-22-19(24)16-10-12-17(20)13-11-16/h10-13H,2-9,14-15H2,1H3,(H,21,23)(H,22,24). The van der Waals surface area contributed by atoms with E-state index < -0.39 is 0 Å². The Morgan fingerprint density at radius 2 is 1.50 bits per heavy atom. The number of amides is 2. The van der Waals surface area contributed by atoms with E-state index in [1.807, 2.05) is 0 Å². The van der Waals surface area contributed by atoms with Crippen molar-refractivity contribution >= 4 is 11.8 Å². The Morgan fingerprint density at radius 1 is 0.875 bits per heavy atom. The summed E-state index contributed by atoms with van der Waals surface area (Å²) in [6, 6.07) is 5.48. The van der Waals surface area contributed by atoms with Gasteiger partial charge < -0.3 is 10.6 Å². The molecule has 1 aromatic carbocycles. The van der Waals surface area contributed by atoms with E-state index in [1.165, 1.54) is 43.5 Å². The highest BCUT2D eigenvalue weighted by Crippen LogP contribution is 2.03. The zero-order valence-corrected chi connectivity index (χ0v) is 14.6. The van der Waals surface area contributed by atoms with Gasteiger partial charge in [-0.05, 0) is 43.5 Å². The molecule has 0 fully saturated rings. The van der Waals surface area contributed by atoms with Crippen molar-refractivity contribution < 1.29 is 14.0 Å². The third kappa shape index (κ3) is 9.28. The van der Waals surface area contributed by atoms with E-state index in [9.17, 15) is 14.0 Å². The van der Waals surface area contributed by atoms with Crippen LogP contribution in [0.15, 0.2) is 24.3 Å². The normalized spacial score (nSPS) is 10.4. The van der Waals surface area contributed by atoms with Crippen LogP contribution in [0.2, 0.25) is 0 Å². The van der Waals surface area contributed by atoms with Gasteiger partial charge in [-0.3, -0.25) is 9.59 Å². The third-order valence-electron chi connectivity index (χ3n) is 3.83. The maximum atomic E-state index is 12.8. The Kier molecular flexibility index (Phi) is 10.5. The molecule has 0 heterocycles. The van der Waals surface area contributed by atoms with Crippen LogP contribution in [0.4, 0.5) is 4.39 Å². The maximum absolute atomic E-state index is 12.8. The van der Waals surface area contributed by atoms with Gasteiger partial charge in [0.05, 0.1) is 0 Å². The zero-order valence-electron chi connectivity index (χ0n) is 14.6. The van der Waals surface area contributed by atoms with Crippen LogP contribution in [-0.4, -0.2) is 24.9 Å². The average molecular weight is 336 g/mol. The van der Waals surface area contributed by atoms with Gasteiger partial charge in [0.25, 0.3) is 5.91 Å². The van der Waals surface area contributed by atoms with Crippen molar-refractivity contribution in [3.05, 3.63) is 35.6 Å². The van der Waals surface area contributed by atoms with Gasteiger partial charge in [-0.15, -0.1) is 0 Å². The molecule has 4 nitrogen and oxygen atoms in total. The molecule has 134 valence electrons. The Labute approximate surface area is 144 Å². The Morgan fingerprint density at radius 3 is 2.17 bits per heavy atom. The van der Waals surface area contributed by atoms with E-state index in [0.29, 0.717) is 18.5 Å². The summed E-state index contributed by atoms with van der Waals surface area (Å²) in [4.78, 5) is 23.4. The molecular weight excluding hydrogens is 307 g/mol. The van der Waals surface area contributed by atoms with Crippen molar-refractivity contribution in [1.29, 1.82) is 0 Å². The van der Waals surface area contributed by atoms with Crippen molar-refractivity contribution in [3.63, 3.8) is 0 Å². The Bertz CT molecular complexity index is 489. The van der Waals surface area contributed by atoms with Crippen LogP contribution < -0.4 is 10.6 Å². The van der Waals surface area contributed by atoms with E-state index >= 15 is 0 Å². The summed E-state index contributed by atoms with van der Waals surface area (Å²) in [5.74, 6) is -0.433. The summed E-state index contributed by atoms with van der Waals surface area (Å²) >= 11 is 0. The second-order valence-electron chi connectivity index (χ2n) is 5.98. The number of rotatable bonds is 12. The van der Waals surface area contributed by atoms with Crippen LogP contribution in [0.25, 0.3) is 0 Å². The Balaban J connectivity index is 1.99. The largest absolute Gasteiger partial charge is 0.356 e. The lowest BCUT2D eigenvalue weighted by Gasteiger charge is -2.06. The SMILES string of the molecule is CCCCCCNC(=O)CCCCCNC(=O)c1ccc(F)cc1. The molecular formula is C19H29FN2O2. The smallest absolute Gasteiger partial charge is 0.251 e. The van der Waals surface area contributed by atoms with Crippen LogP contribution in [0.1, 0.15) is 68.6 Å². The first kappa shape index (κ1) is 20.1. The first-order valence-electron chi connectivity index (χ1n) is 8.94. The van der Waals surface area contributed by atoms with Gasteiger partial charge in [-0.25, -0.2) is 4.39 Å². The molecule has 0 unspecified atom stereocenters. The predicted molar refractivity (Wildman–Crippen MR) is 94.4 cm³/mol. The minimum Gasteiger partial charge on any atom is -0.356 e. The lowest BCUT2D eigenvalue weighted by molar-refractivity contribution is -0.121. The Hall–Kier alpha value is -1.91. The van der Waals surface area contributed by atoms with Crippen molar-refractivity contribution in [2.75, 3.05) is 13.1 Å². The quantitative estimate of drug-likeness (QED) is 0.570. The summed E-state index contributed by atoms with van der Waals surface area (Å²) in [6.07, 6.45) is 7.74. The molecule has 0 spiro atoms. The van der Waals surface area contributed by atoms with Crippen LogP contribution >= 0.6 is 0 Å². The van der Waals surface area contributed by atoms with Gasteiger partial charge in [0.2, 0.25) is 5.91 Å². The van der Waals surface area contributed by atoms with Crippen LogP contribution in [0, 0.1) is 5.82 Å². The van der Waals surface area contributed by atoms with E-state index in [0.717, 1.165) is 32.2 Å². The van der Waals surface area contributed by atoms with Crippen molar-refractivity contribution in [1.82, 2.24) is 10.6 Å². The molecule has 0 radical (unpaired) electrons. The number of benzene rings is 1. The third-order valence-corrected chi connectivity index (χ3v) is 3.83. The number of hydrogen-bond acceptors (Lipinski definition) is 2. The predicted octanol–water partition coefficient (Wildman–Crippen LogP) is 3.81. The van der Waals surface area contributed by atoms with Crippen LogP contribution in [0.5, 0.6) is 0 Å². The summed E-state index contributed by atoms with van der Waals surface area (Å²) in [7, 11) is 0. The highest BCUT2D eigenvalue weighted by molar-refractivity contribution is 5.94. The fourth-order valence-electron chi connectivity index (χ4n) is 2.36. The summed E-state index contributed by atoms with van der Waals surface area (Å²) < 4.78 is 12.8. The van der Waals surface area contributed by atoms with E-state index in [4.69, 9.17) is 0 Å². The second kappa shape index (κ2) is 12.5. The molecule has 2 amide bonds. The topological polar surface area (TPSA) is 58.2 Å². The van der Waals surface area contributed by atoms with Crippen molar-refractivity contribution in [3.8, 4) is 0 Å². The number of halogens is 1. The molecule has 0 bridgehead atoms. The summed E-state index contributed by atoms with van der Waals surface area (Å²) in [5, 5.41) is 5.74. The summed E-state index contributed by atoms with van der Waals surface area (Å²) in [6.45, 7) is 3.50. The highest BCUT2D eigenvalue weighted by atomic mass is 19.1. The monoisotopic (exact) mass is 336 g/mol. The van der Waals surface area contributed by atoms with Gasteiger partial charge in [0, 0.05) is 25.1 Å². The van der Waals surface area contributed by atoms with Crippen LogP contribution in [0.3, 0.4) is 0 Å². The minimum absolute atomic E-state index is 0.113. The molecule has 0 aliphatic heterocycles. The lowest BCUT2D eigenvalue weighted by atomic mass is 10.1. The first-order valence-corrected chi connectivity index (χ1v) is 8.94. The van der Waals surface area contributed by atoms with E-state index in [2.05, 4.69) is 17.6 Å². The molecule has 0 saturated heterocycles. The molecule has 5 heteroatoms. The van der Waals surface area contributed by atoms with Gasteiger partial charge >= 0.3 is 0 Å². The molecule has 0 saturated carbocycles. The summed E-state index contributed by atoms with van der Waals surface area (Å²) in [5.41, 5.74) is 0.457.